The van der Waals surface area contributed by atoms with Crippen LogP contribution in [0.15, 0.2) is 0 Å². The molecule has 0 heterocycles. The molecule has 0 aromatic rings. The van der Waals surface area contributed by atoms with Crippen LogP contribution in [0.25, 0.3) is 0 Å². The van der Waals surface area contributed by atoms with E-state index in [-0.39, 0.29) is 17.9 Å². The summed E-state index contributed by atoms with van der Waals surface area (Å²) in [6.07, 6.45) is 9.41. The first-order valence-electron chi connectivity index (χ1n) is 7.35. The van der Waals surface area contributed by atoms with Crippen LogP contribution in [-0.4, -0.2) is 36.8 Å². The molecule has 0 bridgehead atoms. The lowest BCUT2D eigenvalue weighted by Gasteiger charge is -2.26. The number of hydrogen-bond acceptors (Lipinski definition) is 3. The summed E-state index contributed by atoms with van der Waals surface area (Å²) in [5.74, 6) is 0.0709. The number of carbonyl (C=O) groups is 1. The van der Waals surface area contributed by atoms with Crippen LogP contribution >= 0.6 is 0 Å². The second-order valence-corrected chi connectivity index (χ2v) is 6.00. The van der Waals surface area contributed by atoms with E-state index < -0.39 is 0 Å². The van der Waals surface area contributed by atoms with Crippen molar-refractivity contribution in [1.29, 1.82) is 0 Å². The maximum atomic E-state index is 11.8. The third kappa shape index (κ3) is 3.69. The third-order valence-electron chi connectivity index (χ3n) is 4.57. The lowest BCUT2D eigenvalue weighted by molar-refractivity contribution is -0.121. The van der Waals surface area contributed by atoms with Crippen molar-refractivity contribution in [2.75, 3.05) is 19.7 Å². The minimum atomic E-state index is -0.0387. The molecule has 0 aromatic carbocycles. The summed E-state index contributed by atoms with van der Waals surface area (Å²) in [5, 5.41) is 15.8. The second-order valence-electron chi connectivity index (χ2n) is 6.00. The zero-order valence-corrected chi connectivity index (χ0v) is 11.2. The van der Waals surface area contributed by atoms with Crippen molar-refractivity contribution in [3.05, 3.63) is 0 Å². The molecule has 18 heavy (non-hydrogen) atoms. The van der Waals surface area contributed by atoms with Crippen LogP contribution in [0.3, 0.4) is 0 Å². The molecule has 2 aliphatic rings. The molecule has 3 N–H and O–H groups in total. The Morgan fingerprint density at radius 3 is 2.44 bits per heavy atom. The zero-order valence-electron chi connectivity index (χ0n) is 11.2. The Kier molecular flexibility index (Phi) is 5.01. The van der Waals surface area contributed by atoms with Gasteiger partial charge in [-0.15, -0.1) is 0 Å². The fraction of sp³-hybridized carbons (Fsp3) is 0.929. The Morgan fingerprint density at radius 1 is 1.17 bits per heavy atom. The Balaban J connectivity index is 1.64. The van der Waals surface area contributed by atoms with Gasteiger partial charge in [0.25, 0.3) is 0 Å². The van der Waals surface area contributed by atoms with Crippen molar-refractivity contribution in [3.63, 3.8) is 0 Å². The third-order valence-corrected chi connectivity index (χ3v) is 4.57. The van der Waals surface area contributed by atoms with Gasteiger partial charge in [-0.2, -0.15) is 0 Å². The van der Waals surface area contributed by atoms with Crippen LogP contribution in [0.1, 0.15) is 51.4 Å². The van der Waals surface area contributed by atoms with Crippen LogP contribution in [0.4, 0.5) is 0 Å². The predicted molar refractivity (Wildman–Crippen MR) is 71.3 cm³/mol. The van der Waals surface area contributed by atoms with E-state index in [1.807, 2.05) is 0 Å². The van der Waals surface area contributed by atoms with Crippen molar-refractivity contribution < 1.29 is 9.90 Å². The van der Waals surface area contributed by atoms with Crippen LogP contribution < -0.4 is 10.6 Å². The molecule has 0 atom stereocenters. The molecule has 1 amide bonds. The fourth-order valence-corrected chi connectivity index (χ4v) is 3.23. The molecule has 0 aromatic heterocycles. The average Bonchev–Trinajstić information content (AvgIpc) is 3.06. The molecule has 104 valence electrons. The highest BCUT2D eigenvalue weighted by atomic mass is 16.3. The zero-order chi connectivity index (χ0) is 12.8. The Hall–Kier alpha value is -0.610. The number of carbonyl (C=O) groups excluding carboxylic acids is 1. The summed E-state index contributed by atoms with van der Waals surface area (Å²) in [6.45, 7) is 1.25. The number of aliphatic hydroxyl groups is 1. The number of hydrogen-bond donors (Lipinski definition) is 3. The van der Waals surface area contributed by atoms with Gasteiger partial charge >= 0.3 is 0 Å². The Labute approximate surface area is 110 Å². The quantitative estimate of drug-likeness (QED) is 0.667. The average molecular weight is 254 g/mol. The fourth-order valence-electron chi connectivity index (χ4n) is 3.23. The van der Waals surface area contributed by atoms with Crippen molar-refractivity contribution in [1.82, 2.24) is 10.6 Å². The smallest absolute Gasteiger partial charge is 0.233 e. The highest BCUT2D eigenvalue weighted by Gasteiger charge is 2.33. The first-order valence-corrected chi connectivity index (χ1v) is 7.35. The van der Waals surface area contributed by atoms with E-state index in [4.69, 9.17) is 0 Å². The first-order chi connectivity index (χ1) is 8.74. The lowest BCUT2D eigenvalue weighted by atomic mass is 9.87. The van der Waals surface area contributed by atoms with Gasteiger partial charge in [0.2, 0.25) is 5.91 Å². The highest BCUT2D eigenvalue weighted by Crippen LogP contribution is 2.36. The lowest BCUT2D eigenvalue weighted by Crippen LogP contribution is -2.43. The van der Waals surface area contributed by atoms with Gasteiger partial charge in [0.15, 0.2) is 0 Å². The molecule has 2 aliphatic carbocycles. The van der Waals surface area contributed by atoms with Gasteiger partial charge in [-0.05, 0) is 25.7 Å². The molecule has 0 unspecified atom stereocenters. The summed E-state index contributed by atoms with van der Waals surface area (Å²) in [5.41, 5.74) is -0.0387. The van der Waals surface area contributed by atoms with Crippen LogP contribution in [0.5, 0.6) is 0 Å². The summed E-state index contributed by atoms with van der Waals surface area (Å²) < 4.78 is 0. The summed E-state index contributed by atoms with van der Waals surface area (Å²) in [6, 6.07) is 0.536. The molecule has 0 radical (unpaired) electrons. The van der Waals surface area contributed by atoms with Crippen molar-refractivity contribution in [2.45, 2.75) is 57.4 Å². The van der Waals surface area contributed by atoms with Crippen LogP contribution in [-0.2, 0) is 4.79 Å². The summed E-state index contributed by atoms with van der Waals surface area (Å²) >= 11 is 0. The molecule has 2 saturated carbocycles. The minimum Gasteiger partial charge on any atom is -0.396 e. The maximum absolute atomic E-state index is 11.8. The van der Waals surface area contributed by atoms with Gasteiger partial charge in [0.05, 0.1) is 13.2 Å². The van der Waals surface area contributed by atoms with Gasteiger partial charge < -0.3 is 15.7 Å². The molecule has 0 aliphatic heterocycles. The van der Waals surface area contributed by atoms with E-state index in [1.165, 1.54) is 38.5 Å². The van der Waals surface area contributed by atoms with Crippen LogP contribution in [0, 0.1) is 5.41 Å². The second kappa shape index (κ2) is 6.53. The van der Waals surface area contributed by atoms with Gasteiger partial charge in [-0.1, -0.05) is 25.7 Å². The van der Waals surface area contributed by atoms with E-state index in [0.29, 0.717) is 19.1 Å². The number of nitrogens with one attached hydrogen (secondary N) is 2. The van der Waals surface area contributed by atoms with E-state index >= 15 is 0 Å². The summed E-state index contributed by atoms with van der Waals surface area (Å²) in [7, 11) is 0. The monoisotopic (exact) mass is 254 g/mol. The SMILES string of the molecule is O=C(CNC1CCCC1)NCC1(CO)CCCC1. The topological polar surface area (TPSA) is 61.4 Å². The maximum Gasteiger partial charge on any atom is 0.233 e. The predicted octanol–water partition coefficient (Wildman–Crippen LogP) is 1.19. The molecule has 4 nitrogen and oxygen atoms in total. The van der Waals surface area contributed by atoms with Crippen LogP contribution in [0.2, 0.25) is 0 Å². The summed E-state index contributed by atoms with van der Waals surface area (Å²) in [4.78, 5) is 11.8. The first kappa shape index (κ1) is 13.8. The van der Waals surface area contributed by atoms with E-state index in [1.54, 1.807) is 0 Å². The normalized spacial score (nSPS) is 23.4. The van der Waals surface area contributed by atoms with E-state index in [9.17, 15) is 9.90 Å². The Bertz CT molecular complexity index is 269. The molecule has 4 heteroatoms. The van der Waals surface area contributed by atoms with Gasteiger partial charge in [-0.3, -0.25) is 4.79 Å². The molecule has 0 spiro atoms. The molecule has 2 fully saturated rings. The molecular formula is C14H26N2O2. The highest BCUT2D eigenvalue weighted by molar-refractivity contribution is 5.78. The minimum absolute atomic E-state index is 0.0387. The van der Waals surface area contributed by atoms with E-state index in [0.717, 1.165) is 12.8 Å². The van der Waals surface area contributed by atoms with Gasteiger partial charge in [-0.25, -0.2) is 0 Å². The number of rotatable bonds is 6. The molecule has 2 rings (SSSR count). The Morgan fingerprint density at radius 2 is 1.83 bits per heavy atom. The van der Waals surface area contributed by atoms with Crippen molar-refractivity contribution in [2.24, 2.45) is 5.41 Å². The molecular weight excluding hydrogens is 228 g/mol. The number of aliphatic hydroxyl groups excluding tert-OH is 1. The standard InChI is InChI=1S/C14H26N2O2/c17-11-14(7-3-4-8-14)10-16-13(18)9-15-12-5-1-2-6-12/h12,15,17H,1-11H2,(H,16,18). The van der Waals surface area contributed by atoms with E-state index in [2.05, 4.69) is 10.6 Å². The van der Waals surface area contributed by atoms with Gasteiger partial charge in [0.1, 0.15) is 0 Å². The van der Waals surface area contributed by atoms with Gasteiger partial charge in [0, 0.05) is 18.0 Å². The number of amides is 1. The van der Waals surface area contributed by atoms with Crippen molar-refractivity contribution in [3.8, 4) is 0 Å². The molecule has 0 saturated heterocycles. The largest absolute Gasteiger partial charge is 0.396 e. The van der Waals surface area contributed by atoms with Crippen molar-refractivity contribution >= 4 is 5.91 Å².